The Labute approximate surface area is 99.8 Å². The standard InChI is InChI=1S/C13H27NS/c1-11-6-7-13(10-12(11)2)14-8-4-5-9-15-3/h11-14H,4-10H2,1-3H3. The van der Waals surface area contributed by atoms with Crippen LogP contribution in [0.25, 0.3) is 0 Å². The molecule has 3 unspecified atom stereocenters. The lowest BCUT2D eigenvalue weighted by molar-refractivity contribution is 0.226. The van der Waals surface area contributed by atoms with Crippen molar-refractivity contribution in [1.29, 1.82) is 0 Å². The van der Waals surface area contributed by atoms with E-state index in [1.807, 2.05) is 11.8 Å². The summed E-state index contributed by atoms with van der Waals surface area (Å²) in [6.45, 7) is 6.04. The lowest BCUT2D eigenvalue weighted by atomic mass is 9.79. The minimum absolute atomic E-state index is 0.811. The molecule has 1 N–H and O–H groups in total. The summed E-state index contributed by atoms with van der Waals surface area (Å²) in [5, 5.41) is 3.72. The van der Waals surface area contributed by atoms with E-state index < -0.39 is 0 Å². The molecule has 0 aromatic heterocycles. The Morgan fingerprint density at radius 1 is 1.13 bits per heavy atom. The number of thioether (sulfide) groups is 1. The monoisotopic (exact) mass is 229 g/mol. The maximum atomic E-state index is 3.72. The molecule has 1 aliphatic carbocycles. The van der Waals surface area contributed by atoms with Crippen molar-refractivity contribution in [3.05, 3.63) is 0 Å². The molecule has 0 heterocycles. The van der Waals surface area contributed by atoms with Crippen molar-refractivity contribution in [2.45, 2.75) is 52.0 Å². The van der Waals surface area contributed by atoms with Gasteiger partial charge in [-0.15, -0.1) is 0 Å². The normalized spacial score (nSPS) is 31.8. The molecule has 0 aromatic rings. The van der Waals surface area contributed by atoms with Crippen LogP contribution in [0.3, 0.4) is 0 Å². The molecule has 0 aliphatic heterocycles. The van der Waals surface area contributed by atoms with Crippen molar-refractivity contribution in [3.63, 3.8) is 0 Å². The van der Waals surface area contributed by atoms with Gasteiger partial charge in [-0.25, -0.2) is 0 Å². The number of hydrogen-bond donors (Lipinski definition) is 1. The van der Waals surface area contributed by atoms with Gasteiger partial charge in [0.15, 0.2) is 0 Å². The zero-order chi connectivity index (χ0) is 11.1. The van der Waals surface area contributed by atoms with Gasteiger partial charge in [0, 0.05) is 6.04 Å². The third-order valence-electron chi connectivity index (χ3n) is 3.81. The molecule has 1 saturated carbocycles. The first-order valence-electron chi connectivity index (χ1n) is 6.46. The molecule has 1 fully saturated rings. The summed E-state index contributed by atoms with van der Waals surface area (Å²) < 4.78 is 0. The van der Waals surface area contributed by atoms with E-state index in [4.69, 9.17) is 0 Å². The van der Waals surface area contributed by atoms with Crippen LogP contribution in [0.5, 0.6) is 0 Å². The lowest BCUT2D eigenvalue weighted by Crippen LogP contribution is -2.36. The molecule has 0 bridgehead atoms. The molecule has 0 amide bonds. The van der Waals surface area contributed by atoms with E-state index in [1.165, 1.54) is 44.4 Å². The Morgan fingerprint density at radius 3 is 2.60 bits per heavy atom. The second-order valence-corrected chi connectivity index (χ2v) is 6.10. The summed E-state index contributed by atoms with van der Waals surface area (Å²) in [6, 6.07) is 0.811. The van der Waals surface area contributed by atoms with Gasteiger partial charge in [0.25, 0.3) is 0 Å². The Morgan fingerprint density at radius 2 is 1.93 bits per heavy atom. The van der Waals surface area contributed by atoms with Gasteiger partial charge in [0.1, 0.15) is 0 Å². The third-order valence-corrected chi connectivity index (χ3v) is 4.50. The second kappa shape index (κ2) is 7.56. The van der Waals surface area contributed by atoms with Gasteiger partial charge < -0.3 is 5.32 Å². The summed E-state index contributed by atoms with van der Waals surface area (Å²) in [5.74, 6) is 3.18. The molecule has 1 aliphatic rings. The quantitative estimate of drug-likeness (QED) is 0.699. The third kappa shape index (κ3) is 5.26. The first-order valence-corrected chi connectivity index (χ1v) is 7.85. The zero-order valence-electron chi connectivity index (χ0n) is 10.6. The van der Waals surface area contributed by atoms with E-state index in [0.717, 1.165) is 17.9 Å². The summed E-state index contributed by atoms with van der Waals surface area (Å²) in [6.07, 6.45) is 9.12. The molecule has 2 heteroatoms. The summed E-state index contributed by atoms with van der Waals surface area (Å²) in [7, 11) is 0. The van der Waals surface area contributed by atoms with Gasteiger partial charge in [-0.1, -0.05) is 13.8 Å². The van der Waals surface area contributed by atoms with Crippen molar-refractivity contribution in [2.75, 3.05) is 18.6 Å². The van der Waals surface area contributed by atoms with Gasteiger partial charge in [0.05, 0.1) is 0 Å². The van der Waals surface area contributed by atoms with E-state index >= 15 is 0 Å². The van der Waals surface area contributed by atoms with Crippen LogP contribution in [0, 0.1) is 11.8 Å². The average Bonchev–Trinajstić information content (AvgIpc) is 2.23. The SMILES string of the molecule is CSCCCCNC1CCC(C)C(C)C1. The van der Waals surface area contributed by atoms with Crippen LogP contribution in [0.1, 0.15) is 46.0 Å². The molecule has 1 rings (SSSR count). The minimum Gasteiger partial charge on any atom is -0.314 e. The minimum atomic E-state index is 0.811. The molecule has 3 atom stereocenters. The number of unbranched alkanes of at least 4 members (excludes halogenated alkanes) is 1. The molecule has 1 nitrogen and oxygen atoms in total. The highest BCUT2D eigenvalue weighted by atomic mass is 32.2. The van der Waals surface area contributed by atoms with E-state index in [-0.39, 0.29) is 0 Å². The Hall–Kier alpha value is 0.310. The molecule has 0 saturated heterocycles. The van der Waals surface area contributed by atoms with Gasteiger partial charge in [0.2, 0.25) is 0 Å². The Bertz CT molecular complexity index is 161. The second-order valence-electron chi connectivity index (χ2n) is 5.12. The fourth-order valence-corrected chi connectivity index (χ4v) is 2.90. The van der Waals surface area contributed by atoms with Gasteiger partial charge in [-0.05, 0) is 62.5 Å². The van der Waals surface area contributed by atoms with Gasteiger partial charge >= 0.3 is 0 Å². The van der Waals surface area contributed by atoms with Gasteiger partial charge in [-0.3, -0.25) is 0 Å². The van der Waals surface area contributed by atoms with Crippen LogP contribution < -0.4 is 5.32 Å². The lowest BCUT2D eigenvalue weighted by Gasteiger charge is -2.32. The van der Waals surface area contributed by atoms with Crippen LogP contribution in [0.2, 0.25) is 0 Å². The highest BCUT2D eigenvalue weighted by molar-refractivity contribution is 7.98. The maximum Gasteiger partial charge on any atom is 0.00698 e. The van der Waals surface area contributed by atoms with E-state index in [2.05, 4.69) is 25.4 Å². The first-order chi connectivity index (χ1) is 7.24. The highest BCUT2D eigenvalue weighted by Crippen LogP contribution is 2.29. The summed E-state index contributed by atoms with van der Waals surface area (Å²) >= 11 is 1.96. The molecular formula is C13H27NS. The predicted molar refractivity (Wildman–Crippen MR) is 71.6 cm³/mol. The molecule has 0 aromatic carbocycles. The zero-order valence-corrected chi connectivity index (χ0v) is 11.4. The van der Waals surface area contributed by atoms with E-state index in [0.29, 0.717) is 0 Å². The molecule has 0 radical (unpaired) electrons. The van der Waals surface area contributed by atoms with Crippen molar-refractivity contribution in [2.24, 2.45) is 11.8 Å². The van der Waals surface area contributed by atoms with Crippen LogP contribution in [0.4, 0.5) is 0 Å². The van der Waals surface area contributed by atoms with E-state index in [9.17, 15) is 0 Å². The average molecular weight is 229 g/mol. The van der Waals surface area contributed by atoms with Crippen LogP contribution >= 0.6 is 11.8 Å². The van der Waals surface area contributed by atoms with Crippen LogP contribution in [-0.4, -0.2) is 24.6 Å². The van der Waals surface area contributed by atoms with Crippen molar-refractivity contribution in [1.82, 2.24) is 5.32 Å². The number of nitrogens with one attached hydrogen (secondary N) is 1. The van der Waals surface area contributed by atoms with Crippen molar-refractivity contribution in [3.8, 4) is 0 Å². The smallest absolute Gasteiger partial charge is 0.00698 e. The van der Waals surface area contributed by atoms with Gasteiger partial charge in [-0.2, -0.15) is 11.8 Å². The molecule has 90 valence electrons. The first kappa shape index (κ1) is 13.4. The maximum absolute atomic E-state index is 3.72. The van der Waals surface area contributed by atoms with E-state index in [1.54, 1.807) is 0 Å². The van der Waals surface area contributed by atoms with Crippen LogP contribution in [-0.2, 0) is 0 Å². The fourth-order valence-electron chi connectivity index (χ4n) is 2.41. The Balaban J connectivity index is 2.02. The van der Waals surface area contributed by atoms with Crippen molar-refractivity contribution >= 4 is 11.8 Å². The summed E-state index contributed by atoms with van der Waals surface area (Å²) in [5.41, 5.74) is 0. The number of hydrogen-bond acceptors (Lipinski definition) is 2. The highest BCUT2D eigenvalue weighted by Gasteiger charge is 2.23. The largest absolute Gasteiger partial charge is 0.314 e. The molecular weight excluding hydrogens is 202 g/mol. The van der Waals surface area contributed by atoms with Crippen molar-refractivity contribution < 1.29 is 0 Å². The number of rotatable bonds is 6. The predicted octanol–water partition coefficient (Wildman–Crippen LogP) is 3.54. The molecule has 15 heavy (non-hydrogen) atoms. The van der Waals surface area contributed by atoms with Crippen LogP contribution in [0.15, 0.2) is 0 Å². The fraction of sp³-hybridized carbons (Fsp3) is 1.00. The Kier molecular flexibility index (Phi) is 6.74. The summed E-state index contributed by atoms with van der Waals surface area (Å²) in [4.78, 5) is 0. The molecule has 0 spiro atoms. The topological polar surface area (TPSA) is 12.0 Å².